The molecule has 0 atom stereocenters. The SMILES string of the molecule is CC(=O)c1cc(F)ccc1Oc1ccc(Br)cc1Cl. The molecular formula is C14H9BrClFO2. The molecule has 0 aromatic heterocycles. The van der Waals surface area contributed by atoms with Crippen LogP contribution in [0.4, 0.5) is 4.39 Å². The summed E-state index contributed by atoms with van der Waals surface area (Å²) in [7, 11) is 0. The number of ether oxygens (including phenoxy) is 1. The van der Waals surface area contributed by atoms with Crippen LogP contribution in [0.25, 0.3) is 0 Å². The molecule has 19 heavy (non-hydrogen) atoms. The van der Waals surface area contributed by atoms with Crippen LogP contribution >= 0.6 is 27.5 Å². The standard InChI is InChI=1S/C14H9BrClFO2/c1-8(18)11-7-10(17)3-5-13(11)19-14-4-2-9(15)6-12(14)16/h2-7H,1H3. The largest absolute Gasteiger partial charge is 0.455 e. The third-order valence-corrected chi connectivity index (χ3v) is 3.22. The van der Waals surface area contributed by atoms with Gasteiger partial charge in [-0.2, -0.15) is 0 Å². The summed E-state index contributed by atoms with van der Waals surface area (Å²) in [4.78, 5) is 11.5. The molecule has 0 heterocycles. The zero-order valence-electron chi connectivity index (χ0n) is 9.91. The van der Waals surface area contributed by atoms with Crippen molar-refractivity contribution in [3.63, 3.8) is 0 Å². The highest BCUT2D eigenvalue weighted by molar-refractivity contribution is 9.10. The summed E-state index contributed by atoms with van der Waals surface area (Å²) in [6, 6.07) is 8.88. The molecule has 0 bridgehead atoms. The van der Waals surface area contributed by atoms with E-state index >= 15 is 0 Å². The molecule has 5 heteroatoms. The van der Waals surface area contributed by atoms with Crippen molar-refractivity contribution >= 4 is 33.3 Å². The lowest BCUT2D eigenvalue weighted by atomic mass is 10.1. The van der Waals surface area contributed by atoms with Gasteiger partial charge in [0.25, 0.3) is 0 Å². The molecule has 0 amide bonds. The van der Waals surface area contributed by atoms with Gasteiger partial charge in [-0.3, -0.25) is 4.79 Å². The number of carbonyl (C=O) groups excluding carboxylic acids is 1. The number of benzene rings is 2. The Kier molecular flexibility index (Phi) is 4.22. The molecule has 2 nitrogen and oxygen atoms in total. The van der Waals surface area contributed by atoms with Gasteiger partial charge in [0, 0.05) is 4.47 Å². The van der Waals surface area contributed by atoms with Crippen molar-refractivity contribution in [2.45, 2.75) is 6.92 Å². The Morgan fingerprint density at radius 2 is 1.89 bits per heavy atom. The van der Waals surface area contributed by atoms with Crippen LogP contribution in [-0.2, 0) is 0 Å². The van der Waals surface area contributed by atoms with Crippen LogP contribution in [0.1, 0.15) is 17.3 Å². The first kappa shape index (κ1) is 14.0. The molecule has 0 spiro atoms. The predicted octanol–water partition coefficient (Wildman–Crippen LogP) is 5.24. The van der Waals surface area contributed by atoms with Crippen molar-refractivity contribution in [3.05, 3.63) is 57.3 Å². The minimum Gasteiger partial charge on any atom is -0.455 e. The normalized spacial score (nSPS) is 10.3. The first-order valence-electron chi connectivity index (χ1n) is 5.41. The Balaban J connectivity index is 2.40. The average molecular weight is 344 g/mol. The van der Waals surface area contributed by atoms with Crippen molar-refractivity contribution in [2.75, 3.05) is 0 Å². The van der Waals surface area contributed by atoms with Gasteiger partial charge >= 0.3 is 0 Å². The lowest BCUT2D eigenvalue weighted by Crippen LogP contribution is -1.98. The molecule has 98 valence electrons. The van der Waals surface area contributed by atoms with E-state index in [2.05, 4.69) is 15.9 Å². The fourth-order valence-electron chi connectivity index (χ4n) is 1.54. The molecule has 0 aliphatic rings. The molecule has 2 rings (SSSR count). The molecular weight excluding hydrogens is 335 g/mol. The molecule has 0 saturated carbocycles. The first-order valence-corrected chi connectivity index (χ1v) is 6.58. The highest BCUT2D eigenvalue weighted by Crippen LogP contribution is 2.33. The zero-order valence-corrected chi connectivity index (χ0v) is 12.3. The fraction of sp³-hybridized carbons (Fsp3) is 0.0714. The zero-order chi connectivity index (χ0) is 14.0. The van der Waals surface area contributed by atoms with Crippen LogP contribution in [0.2, 0.25) is 5.02 Å². The lowest BCUT2D eigenvalue weighted by molar-refractivity contribution is 0.101. The van der Waals surface area contributed by atoms with Gasteiger partial charge < -0.3 is 4.74 Å². The second kappa shape index (κ2) is 5.72. The van der Waals surface area contributed by atoms with E-state index in [1.165, 1.54) is 19.1 Å². The third-order valence-electron chi connectivity index (χ3n) is 2.43. The van der Waals surface area contributed by atoms with Crippen molar-refractivity contribution in [2.24, 2.45) is 0 Å². The van der Waals surface area contributed by atoms with E-state index in [0.717, 1.165) is 10.5 Å². The van der Waals surface area contributed by atoms with Crippen LogP contribution in [0.15, 0.2) is 40.9 Å². The Labute approximate surface area is 123 Å². The number of Topliss-reactive ketones (excluding diaryl/α,β-unsaturated/α-hetero) is 1. The highest BCUT2D eigenvalue weighted by Gasteiger charge is 2.12. The smallest absolute Gasteiger partial charge is 0.163 e. The van der Waals surface area contributed by atoms with Crippen LogP contribution in [-0.4, -0.2) is 5.78 Å². The van der Waals surface area contributed by atoms with E-state index in [9.17, 15) is 9.18 Å². The van der Waals surface area contributed by atoms with E-state index < -0.39 is 5.82 Å². The molecule has 0 saturated heterocycles. The second-order valence-electron chi connectivity index (χ2n) is 3.87. The summed E-state index contributed by atoms with van der Waals surface area (Å²) >= 11 is 9.31. The molecule has 0 radical (unpaired) electrons. The van der Waals surface area contributed by atoms with Gasteiger partial charge in [0.2, 0.25) is 0 Å². The van der Waals surface area contributed by atoms with Crippen LogP contribution in [0.5, 0.6) is 11.5 Å². The van der Waals surface area contributed by atoms with Crippen LogP contribution in [0.3, 0.4) is 0 Å². The van der Waals surface area contributed by atoms with Crippen LogP contribution < -0.4 is 4.74 Å². The van der Waals surface area contributed by atoms with Crippen molar-refractivity contribution in [1.29, 1.82) is 0 Å². The van der Waals surface area contributed by atoms with Crippen molar-refractivity contribution in [3.8, 4) is 11.5 Å². The number of rotatable bonds is 3. The topological polar surface area (TPSA) is 26.3 Å². The average Bonchev–Trinajstić information content (AvgIpc) is 2.34. The minimum atomic E-state index is -0.487. The Morgan fingerprint density at radius 3 is 2.53 bits per heavy atom. The van der Waals surface area contributed by atoms with E-state index in [-0.39, 0.29) is 17.1 Å². The maximum absolute atomic E-state index is 13.1. The van der Waals surface area contributed by atoms with E-state index in [0.29, 0.717) is 10.8 Å². The number of halogens is 3. The summed E-state index contributed by atoms with van der Waals surface area (Å²) in [5.41, 5.74) is 0.180. The number of hydrogen-bond acceptors (Lipinski definition) is 2. The molecule has 0 unspecified atom stereocenters. The maximum Gasteiger partial charge on any atom is 0.163 e. The van der Waals surface area contributed by atoms with Crippen molar-refractivity contribution in [1.82, 2.24) is 0 Å². The Morgan fingerprint density at radius 1 is 1.21 bits per heavy atom. The third kappa shape index (κ3) is 3.33. The van der Waals surface area contributed by atoms with Crippen LogP contribution in [0, 0.1) is 5.82 Å². The van der Waals surface area contributed by atoms with Gasteiger partial charge in [-0.25, -0.2) is 4.39 Å². The maximum atomic E-state index is 13.1. The molecule has 0 aliphatic heterocycles. The predicted molar refractivity (Wildman–Crippen MR) is 75.6 cm³/mol. The first-order chi connectivity index (χ1) is 8.97. The minimum absolute atomic E-state index is 0.180. The second-order valence-corrected chi connectivity index (χ2v) is 5.20. The Hall–Kier alpha value is -1.39. The van der Waals surface area contributed by atoms with E-state index in [1.54, 1.807) is 18.2 Å². The molecule has 0 fully saturated rings. The quantitative estimate of drug-likeness (QED) is 0.713. The van der Waals surface area contributed by atoms with Gasteiger partial charge in [-0.1, -0.05) is 27.5 Å². The van der Waals surface area contributed by atoms with Crippen molar-refractivity contribution < 1.29 is 13.9 Å². The number of carbonyl (C=O) groups is 1. The molecule has 2 aromatic carbocycles. The van der Waals surface area contributed by atoms with E-state index in [4.69, 9.17) is 16.3 Å². The monoisotopic (exact) mass is 342 g/mol. The summed E-state index contributed by atoms with van der Waals surface area (Å²) in [6.45, 7) is 1.35. The van der Waals surface area contributed by atoms with Gasteiger partial charge in [0.1, 0.15) is 17.3 Å². The van der Waals surface area contributed by atoms with Gasteiger partial charge in [-0.15, -0.1) is 0 Å². The summed E-state index contributed by atoms with van der Waals surface area (Å²) in [6.07, 6.45) is 0. The summed E-state index contributed by atoms with van der Waals surface area (Å²) in [5.74, 6) is -0.0840. The fourth-order valence-corrected chi connectivity index (χ4v) is 2.25. The summed E-state index contributed by atoms with van der Waals surface area (Å²) < 4.78 is 19.5. The van der Waals surface area contributed by atoms with Gasteiger partial charge in [-0.05, 0) is 43.3 Å². The lowest BCUT2D eigenvalue weighted by Gasteiger charge is -2.11. The van der Waals surface area contributed by atoms with Gasteiger partial charge in [0.05, 0.1) is 10.6 Å². The van der Waals surface area contributed by atoms with E-state index in [1.807, 2.05) is 0 Å². The number of hydrogen-bond donors (Lipinski definition) is 0. The summed E-state index contributed by atoms with van der Waals surface area (Å²) in [5, 5.41) is 0.396. The highest BCUT2D eigenvalue weighted by atomic mass is 79.9. The Bertz CT molecular complexity index is 643. The molecule has 2 aromatic rings. The molecule has 0 aliphatic carbocycles. The molecule has 0 N–H and O–H groups in total. The number of ketones is 1. The van der Waals surface area contributed by atoms with Gasteiger partial charge in [0.15, 0.2) is 5.78 Å².